The van der Waals surface area contributed by atoms with Crippen LogP contribution < -0.4 is 10.1 Å². The quantitative estimate of drug-likeness (QED) is 0.552. The summed E-state index contributed by atoms with van der Waals surface area (Å²) in [4.78, 5) is 4.51. The number of sulfone groups is 1. The highest BCUT2D eigenvalue weighted by Gasteiger charge is 2.28. The third-order valence-electron chi connectivity index (χ3n) is 4.33. The lowest BCUT2D eigenvalue weighted by molar-refractivity contribution is 0.415. The van der Waals surface area contributed by atoms with E-state index in [4.69, 9.17) is 9.15 Å². The first-order valence-corrected chi connectivity index (χ1v) is 10.6. The van der Waals surface area contributed by atoms with Crippen LogP contribution in [0.2, 0.25) is 0 Å². The van der Waals surface area contributed by atoms with Crippen LogP contribution in [0, 0.1) is 6.92 Å². The average Bonchev–Trinajstić information content (AvgIpc) is 3.14. The van der Waals surface area contributed by atoms with Crippen molar-refractivity contribution in [1.82, 2.24) is 4.98 Å². The summed E-state index contributed by atoms with van der Waals surface area (Å²) in [5, 5.41) is 2.98. The standard InChI is InChI=1S/C21H24N2O4S/c1-4-5-14-22-20-21(28(24,25)18-12-6-15(2)7-13-18)23-19(27-20)16-8-10-17(26-3)11-9-16/h6-13,22H,4-5,14H2,1-3H3. The number of hydrogen-bond donors (Lipinski definition) is 1. The van der Waals surface area contributed by atoms with Gasteiger partial charge in [-0.2, -0.15) is 4.98 Å². The van der Waals surface area contributed by atoms with Crippen LogP contribution in [-0.4, -0.2) is 27.1 Å². The molecule has 28 heavy (non-hydrogen) atoms. The molecule has 0 amide bonds. The first-order chi connectivity index (χ1) is 13.5. The zero-order valence-electron chi connectivity index (χ0n) is 16.2. The summed E-state index contributed by atoms with van der Waals surface area (Å²) in [6, 6.07) is 13.8. The summed E-state index contributed by atoms with van der Waals surface area (Å²) in [5.74, 6) is 1.11. The minimum absolute atomic E-state index is 0.0988. The Morgan fingerprint density at radius 3 is 2.36 bits per heavy atom. The van der Waals surface area contributed by atoms with Gasteiger partial charge in [-0.1, -0.05) is 31.0 Å². The van der Waals surface area contributed by atoms with Crippen LogP contribution >= 0.6 is 0 Å². The fourth-order valence-electron chi connectivity index (χ4n) is 2.66. The first-order valence-electron chi connectivity index (χ1n) is 9.16. The Hall–Kier alpha value is -2.80. The zero-order valence-corrected chi connectivity index (χ0v) is 17.0. The summed E-state index contributed by atoms with van der Waals surface area (Å²) in [5.41, 5.74) is 1.66. The van der Waals surface area contributed by atoms with E-state index in [2.05, 4.69) is 17.2 Å². The highest BCUT2D eigenvalue weighted by molar-refractivity contribution is 7.91. The Morgan fingerprint density at radius 1 is 1.07 bits per heavy atom. The highest BCUT2D eigenvalue weighted by atomic mass is 32.2. The van der Waals surface area contributed by atoms with Gasteiger partial charge in [0.05, 0.1) is 12.0 Å². The van der Waals surface area contributed by atoms with E-state index in [1.807, 2.05) is 6.92 Å². The Balaban J connectivity index is 2.04. The topological polar surface area (TPSA) is 81.4 Å². The lowest BCUT2D eigenvalue weighted by Gasteiger charge is -2.05. The second kappa shape index (κ2) is 8.48. The number of ether oxygens (including phenoxy) is 1. The number of hydrogen-bond acceptors (Lipinski definition) is 6. The van der Waals surface area contributed by atoms with Crippen molar-refractivity contribution in [1.29, 1.82) is 0 Å². The smallest absolute Gasteiger partial charge is 0.233 e. The summed E-state index contributed by atoms with van der Waals surface area (Å²) in [7, 11) is -2.23. The average molecular weight is 401 g/mol. The van der Waals surface area contributed by atoms with E-state index >= 15 is 0 Å². The fraction of sp³-hybridized carbons (Fsp3) is 0.286. The molecule has 0 aliphatic rings. The number of unbranched alkanes of at least 4 members (excludes halogenated alkanes) is 1. The zero-order chi connectivity index (χ0) is 20.1. The van der Waals surface area contributed by atoms with E-state index in [0.29, 0.717) is 17.9 Å². The third-order valence-corrected chi connectivity index (χ3v) is 6.01. The Kier molecular flexibility index (Phi) is 6.04. The molecular weight excluding hydrogens is 376 g/mol. The van der Waals surface area contributed by atoms with E-state index in [0.717, 1.165) is 18.4 Å². The molecule has 0 bridgehead atoms. The predicted molar refractivity (Wildman–Crippen MR) is 109 cm³/mol. The number of methoxy groups -OCH3 is 1. The second-order valence-corrected chi connectivity index (χ2v) is 8.34. The number of aryl methyl sites for hydroxylation is 1. The third kappa shape index (κ3) is 4.20. The lowest BCUT2D eigenvalue weighted by Crippen LogP contribution is -2.08. The van der Waals surface area contributed by atoms with Gasteiger partial charge in [0.15, 0.2) is 0 Å². The van der Waals surface area contributed by atoms with Crippen LogP contribution in [0.15, 0.2) is 62.9 Å². The number of aromatic nitrogens is 1. The minimum atomic E-state index is -3.82. The number of nitrogens with one attached hydrogen (secondary N) is 1. The molecule has 3 rings (SSSR count). The van der Waals surface area contributed by atoms with Crippen LogP contribution in [-0.2, 0) is 9.84 Å². The Morgan fingerprint density at radius 2 is 1.75 bits per heavy atom. The first kappa shape index (κ1) is 19.9. The second-order valence-electron chi connectivity index (χ2n) is 6.48. The van der Waals surface area contributed by atoms with Gasteiger partial charge >= 0.3 is 0 Å². The van der Waals surface area contributed by atoms with E-state index in [-0.39, 0.29) is 21.7 Å². The van der Waals surface area contributed by atoms with Gasteiger partial charge in [0.25, 0.3) is 0 Å². The molecule has 0 atom stereocenters. The molecule has 1 N–H and O–H groups in total. The Bertz CT molecular complexity index is 1020. The molecule has 6 nitrogen and oxygen atoms in total. The number of benzene rings is 2. The molecule has 0 unspecified atom stereocenters. The normalized spacial score (nSPS) is 11.4. The molecular formula is C21H24N2O4S. The van der Waals surface area contributed by atoms with Crippen LogP contribution in [0.5, 0.6) is 5.75 Å². The number of oxazole rings is 1. The molecule has 7 heteroatoms. The number of nitrogens with zero attached hydrogens (tertiary/aromatic N) is 1. The molecule has 1 heterocycles. The van der Waals surface area contributed by atoms with Gasteiger partial charge in [0.1, 0.15) is 5.75 Å². The molecule has 0 aliphatic carbocycles. The molecule has 0 saturated carbocycles. The van der Waals surface area contributed by atoms with Crippen LogP contribution in [0.4, 0.5) is 5.88 Å². The van der Waals surface area contributed by atoms with Crippen molar-refractivity contribution in [2.45, 2.75) is 36.6 Å². The van der Waals surface area contributed by atoms with Gasteiger partial charge in [-0.15, -0.1) is 0 Å². The molecule has 2 aromatic carbocycles. The summed E-state index contributed by atoms with van der Waals surface area (Å²) >= 11 is 0. The molecule has 1 aromatic heterocycles. The highest BCUT2D eigenvalue weighted by Crippen LogP contribution is 2.33. The van der Waals surface area contributed by atoms with Gasteiger partial charge in [-0.3, -0.25) is 0 Å². The van der Waals surface area contributed by atoms with Crippen molar-refractivity contribution in [2.75, 3.05) is 19.0 Å². The largest absolute Gasteiger partial charge is 0.497 e. The van der Waals surface area contributed by atoms with Crippen molar-refractivity contribution in [3.05, 3.63) is 54.1 Å². The predicted octanol–water partition coefficient (Wildman–Crippen LogP) is 4.70. The number of rotatable bonds is 8. The maximum Gasteiger partial charge on any atom is 0.233 e. The molecule has 3 aromatic rings. The summed E-state index contributed by atoms with van der Waals surface area (Å²) in [6.07, 6.45) is 1.87. The van der Waals surface area contributed by atoms with Crippen molar-refractivity contribution >= 4 is 15.7 Å². The Labute approximate surface area is 165 Å². The van der Waals surface area contributed by atoms with Gasteiger partial charge in [-0.25, -0.2) is 8.42 Å². The summed E-state index contributed by atoms with van der Waals surface area (Å²) in [6.45, 7) is 4.57. The van der Waals surface area contributed by atoms with Gasteiger partial charge in [0.2, 0.25) is 26.6 Å². The molecule has 0 radical (unpaired) electrons. The van der Waals surface area contributed by atoms with Crippen molar-refractivity contribution < 1.29 is 17.6 Å². The van der Waals surface area contributed by atoms with Gasteiger partial charge in [0, 0.05) is 12.1 Å². The van der Waals surface area contributed by atoms with Crippen molar-refractivity contribution in [2.24, 2.45) is 0 Å². The SMILES string of the molecule is CCCCNc1oc(-c2ccc(OC)cc2)nc1S(=O)(=O)c1ccc(C)cc1. The fourth-order valence-corrected chi connectivity index (χ4v) is 3.94. The van der Waals surface area contributed by atoms with Gasteiger partial charge in [-0.05, 0) is 49.7 Å². The maximum atomic E-state index is 13.2. The van der Waals surface area contributed by atoms with E-state index in [1.165, 1.54) is 0 Å². The van der Waals surface area contributed by atoms with E-state index in [1.54, 1.807) is 55.6 Å². The van der Waals surface area contributed by atoms with E-state index in [9.17, 15) is 8.42 Å². The molecule has 0 aliphatic heterocycles. The minimum Gasteiger partial charge on any atom is -0.497 e. The maximum absolute atomic E-state index is 13.2. The van der Waals surface area contributed by atoms with Crippen LogP contribution in [0.3, 0.4) is 0 Å². The van der Waals surface area contributed by atoms with Crippen LogP contribution in [0.1, 0.15) is 25.3 Å². The van der Waals surface area contributed by atoms with Gasteiger partial charge < -0.3 is 14.5 Å². The molecule has 148 valence electrons. The monoisotopic (exact) mass is 400 g/mol. The van der Waals surface area contributed by atoms with Crippen molar-refractivity contribution in [3.8, 4) is 17.2 Å². The molecule has 0 fully saturated rings. The lowest BCUT2D eigenvalue weighted by atomic mass is 10.2. The molecule has 0 saturated heterocycles. The molecule has 0 spiro atoms. The number of anilines is 1. The van der Waals surface area contributed by atoms with Crippen LogP contribution in [0.25, 0.3) is 11.5 Å². The van der Waals surface area contributed by atoms with E-state index < -0.39 is 9.84 Å². The van der Waals surface area contributed by atoms with Crippen molar-refractivity contribution in [3.63, 3.8) is 0 Å². The summed E-state index contributed by atoms with van der Waals surface area (Å²) < 4.78 is 37.3.